The zero-order valence-corrected chi connectivity index (χ0v) is 11.5. The first-order valence-electron chi connectivity index (χ1n) is 5.87. The number of fused-ring (bicyclic) bond motifs is 1. The lowest BCUT2D eigenvalue weighted by Crippen LogP contribution is -2.20. The molecule has 1 aromatic rings. The van der Waals surface area contributed by atoms with Gasteiger partial charge in [-0.15, -0.1) is 11.8 Å². The van der Waals surface area contributed by atoms with E-state index in [-0.39, 0.29) is 12.2 Å². The van der Waals surface area contributed by atoms with Gasteiger partial charge in [0.2, 0.25) is 0 Å². The molecule has 0 fully saturated rings. The number of carbonyl (C=O) groups is 2. The van der Waals surface area contributed by atoms with E-state index in [1.54, 1.807) is 19.1 Å². The first-order chi connectivity index (χ1) is 9.19. The summed E-state index contributed by atoms with van der Waals surface area (Å²) in [6.45, 7) is 2.73. The lowest BCUT2D eigenvalue weighted by atomic mass is 10.1. The zero-order chi connectivity index (χ0) is 13.8. The summed E-state index contributed by atoms with van der Waals surface area (Å²) < 4.78 is 15.7. The highest BCUT2D eigenvalue weighted by Crippen LogP contribution is 2.41. The molecular formula is C13H14O5S. The van der Waals surface area contributed by atoms with E-state index in [2.05, 4.69) is 0 Å². The molecule has 0 atom stereocenters. The van der Waals surface area contributed by atoms with Crippen molar-refractivity contribution < 1.29 is 23.8 Å². The predicted octanol–water partition coefficient (Wildman–Crippen LogP) is 1.93. The molecule has 1 heterocycles. The summed E-state index contributed by atoms with van der Waals surface area (Å²) in [4.78, 5) is 24.1. The topological polar surface area (TPSA) is 61.8 Å². The van der Waals surface area contributed by atoms with Crippen LogP contribution in [0, 0.1) is 0 Å². The Morgan fingerprint density at radius 2 is 2.05 bits per heavy atom. The molecule has 102 valence electrons. The smallest absolute Gasteiger partial charge is 0.379 e. The van der Waals surface area contributed by atoms with Crippen molar-refractivity contribution in [3.63, 3.8) is 0 Å². The Labute approximate surface area is 115 Å². The molecule has 2 rings (SSSR count). The molecule has 0 spiro atoms. The summed E-state index contributed by atoms with van der Waals surface area (Å²) in [5, 5.41) is 0. The molecule has 19 heavy (non-hydrogen) atoms. The Morgan fingerprint density at radius 3 is 2.74 bits per heavy atom. The van der Waals surface area contributed by atoms with Crippen molar-refractivity contribution in [1.29, 1.82) is 0 Å². The second-order valence-electron chi connectivity index (χ2n) is 3.72. The first-order valence-corrected chi connectivity index (χ1v) is 7.09. The monoisotopic (exact) mass is 282 g/mol. The van der Waals surface area contributed by atoms with E-state index in [4.69, 9.17) is 14.2 Å². The lowest BCUT2D eigenvalue weighted by molar-refractivity contribution is -0.137. The van der Waals surface area contributed by atoms with Crippen molar-refractivity contribution in [2.45, 2.75) is 11.8 Å². The van der Waals surface area contributed by atoms with E-state index >= 15 is 0 Å². The van der Waals surface area contributed by atoms with Gasteiger partial charge in [-0.2, -0.15) is 0 Å². The van der Waals surface area contributed by atoms with Crippen LogP contribution in [0.2, 0.25) is 0 Å². The van der Waals surface area contributed by atoms with Gasteiger partial charge in [0.25, 0.3) is 5.78 Å². The van der Waals surface area contributed by atoms with Gasteiger partial charge in [0.15, 0.2) is 11.5 Å². The van der Waals surface area contributed by atoms with Crippen LogP contribution in [0.15, 0.2) is 17.0 Å². The minimum Gasteiger partial charge on any atom is -0.486 e. The third-order valence-corrected chi connectivity index (χ3v) is 3.39. The number of Topliss-reactive ketones (excluding diaryl/α,β-unsaturated/α-hetero) is 1. The third kappa shape index (κ3) is 2.68. The van der Waals surface area contributed by atoms with Gasteiger partial charge in [-0.1, -0.05) is 0 Å². The summed E-state index contributed by atoms with van der Waals surface area (Å²) in [6, 6.07) is 3.21. The normalized spacial score (nSPS) is 12.9. The number of hydrogen-bond acceptors (Lipinski definition) is 6. The maximum atomic E-state index is 12.0. The van der Waals surface area contributed by atoms with Crippen molar-refractivity contribution in [2.24, 2.45) is 0 Å². The quantitative estimate of drug-likeness (QED) is 0.364. The zero-order valence-electron chi connectivity index (χ0n) is 10.7. The Kier molecular flexibility index (Phi) is 4.31. The fraction of sp³-hybridized carbons (Fsp3) is 0.385. The van der Waals surface area contributed by atoms with Gasteiger partial charge in [0.1, 0.15) is 13.2 Å². The molecule has 6 heteroatoms. The number of benzene rings is 1. The van der Waals surface area contributed by atoms with Gasteiger partial charge in [-0.25, -0.2) is 4.79 Å². The average Bonchev–Trinajstić information content (AvgIpc) is 2.45. The fourth-order valence-corrected chi connectivity index (χ4v) is 2.50. The molecule has 0 saturated heterocycles. The third-order valence-electron chi connectivity index (χ3n) is 2.57. The highest BCUT2D eigenvalue weighted by Gasteiger charge is 2.26. The standard InChI is InChI=1S/C13H14O5S/c1-3-16-13(15)10(14)8-4-5-9-11(12(8)19-2)18-7-6-17-9/h4-5H,3,6-7H2,1-2H3. The number of rotatable bonds is 4. The van der Waals surface area contributed by atoms with Gasteiger partial charge < -0.3 is 14.2 Å². The van der Waals surface area contributed by atoms with Crippen molar-refractivity contribution in [1.82, 2.24) is 0 Å². The van der Waals surface area contributed by atoms with Crippen LogP contribution in [0.5, 0.6) is 11.5 Å². The maximum absolute atomic E-state index is 12.0. The second-order valence-corrected chi connectivity index (χ2v) is 4.54. The molecule has 1 aromatic carbocycles. The Balaban J connectivity index is 2.41. The van der Waals surface area contributed by atoms with Crippen molar-refractivity contribution in [3.8, 4) is 11.5 Å². The number of hydrogen-bond donors (Lipinski definition) is 0. The van der Waals surface area contributed by atoms with E-state index in [0.717, 1.165) is 0 Å². The van der Waals surface area contributed by atoms with Gasteiger partial charge in [-0.05, 0) is 25.3 Å². The molecule has 1 aliphatic heterocycles. The molecule has 5 nitrogen and oxygen atoms in total. The predicted molar refractivity (Wildman–Crippen MR) is 70.2 cm³/mol. The lowest BCUT2D eigenvalue weighted by Gasteiger charge is -2.21. The number of ketones is 1. The van der Waals surface area contributed by atoms with Crippen LogP contribution in [0.25, 0.3) is 0 Å². The number of thioether (sulfide) groups is 1. The molecule has 0 aliphatic carbocycles. The van der Waals surface area contributed by atoms with Crippen molar-refractivity contribution in [3.05, 3.63) is 17.7 Å². The van der Waals surface area contributed by atoms with Crippen molar-refractivity contribution >= 4 is 23.5 Å². The first kappa shape index (κ1) is 13.7. The van der Waals surface area contributed by atoms with Crippen LogP contribution >= 0.6 is 11.8 Å². The van der Waals surface area contributed by atoms with Gasteiger partial charge in [0, 0.05) is 5.56 Å². The van der Waals surface area contributed by atoms with Crippen molar-refractivity contribution in [2.75, 3.05) is 26.1 Å². The van der Waals surface area contributed by atoms with E-state index in [1.807, 2.05) is 6.26 Å². The highest BCUT2D eigenvalue weighted by molar-refractivity contribution is 7.98. The largest absolute Gasteiger partial charge is 0.486 e. The summed E-state index contributed by atoms with van der Waals surface area (Å²) in [5.41, 5.74) is 0.287. The van der Waals surface area contributed by atoms with Crippen LogP contribution in [0.3, 0.4) is 0 Å². The second kappa shape index (κ2) is 5.97. The Hall–Kier alpha value is -1.69. The number of ether oxygens (including phenoxy) is 3. The number of esters is 1. The van der Waals surface area contributed by atoms with Gasteiger partial charge >= 0.3 is 5.97 Å². The number of carbonyl (C=O) groups excluding carboxylic acids is 2. The fourth-order valence-electron chi connectivity index (χ4n) is 1.78. The van der Waals surface area contributed by atoms with Crippen LogP contribution in [0.1, 0.15) is 17.3 Å². The molecule has 1 aliphatic rings. The van der Waals surface area contributed by atoms with Gasteiger partial charge in [-0.3, -0.25) is 4.79 Å². The summed E-state index contributed by atoms with van der Waals surface area (Å²) in [5.74, 6) is -0.400. The summed E-state index contributed by atoms with van der Waals surface area (Å²) in [7, 11) is 0. The summed E-state index contributed by atoms with van der Waals surface area (Å²) >= 11 is 1.34. The maximum Gasteiger partial charge on any atom is 0.379 e. The minimum absolute atomic E-state index is 0.170. The SMILES string of the molecule is CCOC(=O)C(=O)c1ccc2c(c1SC)OCCO2. The Morgan fingerprint density at radius 1 is 1.32 bits per heavy atom. The molecule has 0 amide bonds. The molecule has 0 radical (unpaired) electrons. The van der Waals surface area contributed by atoms with Crippen LogP contribution < -0.4 is 9.47 Å². The van der Waals surface area contributed by atoms with E-state index in [1.165, 1.54) is 11.8 Å². The van der Waals surface area contributed by atoms with Crippen LogP contribution in [0.4, 0.5) is 0 Å². The molecular weight excluding hydrogens is 268 g/mol. The van der Waals surface area contributed by atoms with E-state index in [0.29, 0.717) is 29.6 Å². The van der Waals surface area contributed by atoms with Crippen LogP contribution in [-0.4, -0.2) is 37.8 Å². The highest BCUT2D eigenvalue weighted by atomic mass is 32.2. The van der Waals surface area contributed by atoms with E-state index in [9.17, 15) is 9.59 Å². The minimum atomic E-state index is -0.852. The Bertz CT molecular complexity index is 512. The molecule has 0 bridgehead atoms. The summed E-state index contributed by atoms with van der Waals surface area (Å²) in [6.07, 6.45) is 1.81. The van der Waals surface area contributed by atoms with Crippen LogP contribution in [-0.2, 0) is 9.53 Å². The average molecular weight is 282 g/mol. The molecule has 0 unspecified atom stereocenters. The molecule has 0 N–H and O–H groups in total. The van der Waals surface area contributed by atoms with Gasteiger partial charge in [0.05, 0.1) is 11.5 Å². The molecule has 0 aromatic heterocycles. The van der Waals surface area contributed by atoms with E-state index < -0.39 is 11.8 Å². The molecule has 0 saturated carbocycles.